The first kappa shape index (κ1) is 18.1. The number of aryl methyl sites for hydroxylation is 2. The van der Waals surface area contributed by atoms with Crippen molar-refractivity contribution >= 4 is 28.5 Å². The fourth-order valence-corrected chi connectivity index (χ4v) is 3.46. The molecule has 1 aliphatic heterocycles. The van der Waals surface area contributed by atoms with Gasteiger partial charge in [0.1, 0.15) is 11.1 Å². The summed E-state index contributed by atoms with van der Waals surface area (Å²) in [7, 11) is 1.64. The second-order valence-corrected chi connectivity index (χ2v) is 6.59. The zero-order chi connectivity index (χ0) is 18.8. The molecule has 2 aromatic rings. The molecule has 0 atom stereocenters. The van der Waals surface area contributed by atoms with Crippen molar-refractivity contribution in [3.8, 4) is 0 Å². The zero-order valence-electron chi connectivity index (χ0n) is 15.1. The monoisotopic (exact) mass is 361 g/mol. The molecule has 1 fully saturated rings. The molecule has 0 saturated carbocycles. The predicted molar refractivity (Wildman–Crippen MR) is 96.0 cm³/mol. The number of H-pyrrole nitrogens is 1. The summed E-state index contributed by atoms with van der Waals surface area (Å²) in [6.07, 6.45) is 1.44. The number of fused-ring (bicyclic) bond motifs is 1. The van der Waals surface area contributed by atoms with Crippen LogP contribution in [0.4, 0.5) is 5.88 Å². The van der Waals surface area contributed by atoms with E-state index < -0.39 is 5.56 Å². The van der Waals surface area contributed by atoms with Crippen molar-refractivity contribution in [2.24, 2.45) is 5.92 Å². The van der Waals surface area contributed by atoms with Crippen LogP contribution < -0.4 is 16.2 Å². The molecular formula is C17H23N5O4. The van der Waals surface area contributed by atoms with Gasteiger partial charge in [-0.3, -0.25) is 24.6 Å². The first-order chi connectivity index (χ1) is 12.4. The van der Waals surface area contributed by atoms with E-state index >= 15 is 0 Å². The molecule has 9 nitrogen and oxygen atoms in total. The summed E-state index contributed by atoms with van der Waals surface area (Å²) < 4.78 is 5.59. The number of anilines is 1. The zero-order valence-corrected chi connectivity index (χ0v) is 15.1. The van der Waals surface area contributed by atoms with E-state index in [2.05, 4.69) is 20.8 Å². The molecule has 2 aromatic heterocycles. The van der Waals surface area contributed by atoms with Gasteiger partial charge >= 0.3 is 0 Å². The summed E-state index contributed by atoms with van der Waals surface area (Å²) in [4.78, 5) is 38.1. The Balaban J connectivity index is 1.67. The van der Waals surface area contributed by atoms with Crippen molar-refractivity contribution < 1.29 is 14.0 Å². The van der Waals surface area contributed by atoms with E-state index in [1.165, 1.54) is 0 Å². The minimum Gasteiger partial charge on any atom is -0.444 e. The number of hydrogen-bond donors (Lipinski definition) is 3. The van der Waals surface area contributed by atoms with E-state index in [1.54, 1.807) is 20.9 Å². The second-order valence-electron chi connectivity index (χ2n) is 6.59. The third-order valence-electron chi connectivity index (χ3n) is 4.82. The summed E-state index contributed by atoms with van der Waals surface area (Å²) in [5.41, 5.74) is 0.238. The number of piperidine rings is 1. The molecule has 140 valence electrons. The Hall–Kier alpha value is -2.68. The second kappa shape index (κ2) is 7.28. The molecular weight excluding hydrogens is 338 g/mol. The Morgan fingerprint density at radius 3 is 2.62 bits per heavy atom. The van der Waals surface area contributed by atoms with Crippen LogP contribution in [0.25, 0.3) is 10.8 Å². The molecule has 0 radical (unpaired) electrons. The molecule has 26 heavy (non-hydrogen) atoms. The Kier molecular flexibility index (Phi) is 5.08. The van der Waals surface area contributed by atoms with Gasteiger partial charge in [-0.25, -0.2) is 5.10 Å². The number of rotatable bonds is 4. The van der Waals surface area contributed by atoms with Crippen molar-refractivity contribution in [2.75, 3.05) is 32.0 Å². The number of carbonyl (C=O) groups is 2. The molecule has 3 rings (SSSR count). The molecule has 0 aromatic carbocycles. The van der Waals surface area contributed by atoms with E-state index in [0.717, 1.165) is 12.8 Å². The number of nitrogens with zero attached hydrogens (tertiary/aromatic N) is 2. The fourth-order valence-electron chi connectivity index (χ4n) is 3.46. The normalized spacial score (nSPS) is 16.0. The minimum absolute atomic E-state index is 0.00464. The van der Waals surface area contributed by atoms with Crippen molar-refractivity contribution in [2.45, 2.75) is 26.7 Å². The van der Waals surface area contributed by atoms with Crippen molar-refractivity contribution in [1.82, 2.24) is 20.4 Å². The third kappa shape index (κ3) is 3.48. The van der Waals surface area contributed by atoms with Crippen LogP contribution in [0, 0.1) is 19.8 Å². The van der Waals surface area contributed by atoms with Crippen LogP contribution in [-0.4, -0.2) is 53.6 Å². The van der Waals surface area contributed by atoms with Gasteiger partial charge in [-0.05, 0) is 39.8 Å². The lowest BCUT2D eigenvalue weighted by Crippen LogP contribution is -2.42. The van der Waals surface area contributed by atoms with Crippen LogP contribution >= 0.6 is 0 Å². The molecule has 0 bridgehead atoms. The van der Waals surface area contributed by atoms with Crippen LogP contribution in [0.15, 0.2) is 9.21 Å². The minimum atomic E-state index is -0.399. The van der Waals surface area contributed by atoms with E-state index in [4.69, 9.17) is 4.42 Å². The molecule has 2 amide bonds. The molecule has 0 spiro atoms. The van der Waals surface area contributed by atoms with E-state index in [0.29, 0.717) is 35.3 Å². The topological polar surface area (TPSA) is 120 Å². The van der Waals surface area contributed by atoms with Gasteiger partial charge in [-0.15, -0.1) is 0 Å². The summed E-state index contributed by atoms with van der Waals surface area (Å²) in [5.74, 6) is 0.486. The fraction of sp³-hybridized carbons (Fsp3) is 0.529. The quantitative estimate of drug-likeness (QED) is 0.731. The number of hydrogen-bond acceptors (Lipinski definition) is 6. The van der Waals surface area contributed by atoms with E-state index in [9.17, 15) is 14.4 Å². The standard InChI is InChI=1S/C17H23N5O4/c1-9-13-10(2)26-17(14(13)16(25)21-20-9)19-12(23)8-22-6-4-11(5-7-22)15(24)18-3/h11H,4-8H2,1-3H3,(H,18,24)(H,19,23)(H,21,25). The first-order valence-corrected chi connectivity index (χ1v) is 8.63. The van der Waals surface area contributed by atoms with E-state index in [1.807, 2.05) is 4.90 Å². The Morgan fingerprint density at radius 1 is 1.27 bits per heavy atom. The summed E-state index contributed by atoms with van der Waals surface area (Å²) >= 11 is 0. The van der Waals surface area contributed by atoms with Gasteiger partial charge in [0.2, 0.25) is 17.7 Å². The highest BCUT2D eigenvalue weighted by Gasteiger charge is 2.26. The Labute approximate surface area is 150 Å². The highest BCUT2D eigenvalue weighted by Crippen LogP contribution is 2.28. The number of likely N-dealkylation sites (tertiary alicyclic amines) is 1. The van der Waals surface area contributed by atoms with Gasteiger partial charge in [0.05, 0.1) is 17.6 Å². The smallest absolute Gasteiger partial charge is 0.277 e. The molecule has 9 heteroatoms. The van der Waals surface area contributed by atoms with Gasteiger partial charge in [0.25, 0.3) is 5.56 Å². The number of carbonyl (C=O) groups excluding carboxylic acids is 2. The lowest BCUT2D eigenvalue weighted by atomic mass is 9.96. The number of aromatic nitrogens is 2. The third-order valence-corrected chi connectivity index (χ3v) is 4.82. The average molecular weight is 361 g/mol. The van der Waals surface area contributed by atoms with Gasteiger partial charge in [0, 0.05) is 13.0 Å². The van der Waals surface area contributed by atoms with Crippen LogP contribution in [0.3, 0.4) is 0 Å². The lowest BCUT2D eigenvalue weighted by Gasteiger charge is -2.30. The average Bonchev–Trinajstić information content (AvgIpc) is 2.95. The van der Waals surface area contributed by atoms with Crippen molar-refractivity contribution in [3.63, 3.8) is 0 Å². The first-order valence-electron chi connectivity index (χ1n) is 8.63. The maximum atomic E-state index is 12.4. The summed E-state index contributed by atoms with van der Waals surface area (Å²) in [5, 5.41) is 12.6. The highest BCUT2D eigenvalue weighted by atomic mass is 16.4. The van der Waals surface area contributed by atoms with E-state index in [-0.39, 0.29) is 30.2 Å². The lowest BCUT2D eigenvalue weighted by molar-refractivity contribution is -0.126. The molecule has 0 aliphatic carbocycles. The largest absolute Gasteiger partial charge is 0.444 e. The number of furan rings is 1. The Morgan fingerprint density at radius 2 is 1.96 bits per heavy atom. The van der Waals surface area contributed by atoms with Crippen LogP contribution in [0.1, 0.15) is 24.3 Å². The Bertz CT molecular complexity index is 892. The van der Waals surface area contributed by atoms with Gasteiger partial charge < -0.3 is 9.73 Å². The van der Waals surface area contributed by atoms with Crippen LogP contribution in [0.2, 0.25) is 0 Å². The van der Waals surface area contributed by atoms with Gasteiger partial charge in [-0.2, -0.15) is 5.10 Å². The molecule has 0 unspecified atom stereocenters. The van der Waals surface area contributed by atoms with Crippen LogP contribution in [0.5, 0.6) is 0 Å². The summed E-state index contributed by atoms with van der Waals surface area (Å²) in [6.45, 7) is 5.03. The maximum Gasteiger partial charge on any atom is 0.277 e. The molecule has 1 aliphatic rings. The number of nitrogens with one attached hydrogen (secondary N) is 3. The number of amides is 2. The molecule has 3 N–H and O–H groups in total. The van der Waals surface area contributed by atoms with Crippen molar-refractivity contribution in [3.05, 3.63) is 21.8 Å². The summed E-state index contributed by atoms with van der Waals surface area (Å²) in [6, 6.07) is 0. The van der Waals surface area contributed by atoms with Gasteiger partial charge in [0.15, 0.2) is 0 Å². The SMILES string of the molecule is CNC(=O)C1CCN(CC(=O)Nc2oc(C)c3c(C)n[nH]c(=O)c23)CC1. The highest BCUT2D eigenvalue weighted by molar-refractivity contribution is 6.01. The molecule has 1 saturated heterocycles. The predicted octanol–water partition coefficient (Wildman–Crippen LogP) is 0.529. The van der Waals surface area contributed by atoms with Gasteiger partial charge in [-0.1, -0.05) is 0 Å². The number of aromatic amines is 1. The van der Waals surface area contributed by atoms with Crippen molar-refractivity contribution in [1.29, 1.82) is 0 Å². The van der Waals surface area contributed by atoms with Crippen LogP contribution in [-0.2, 0) is 9.59 Å². The maximum absolute atomic E-state index is 12.4. The molecule has 3 heterocycles.